The molecule has 0 saturated heterocycles. The molecule has 2 nitrogen and oxygen atoms in total. The quantitative estimate of drug-likeness (QED) is 0.799. The summed E-state index contributed by atoms with van der Waals surface area (Å²) >= 11 is 0. The van der Waals surface area contributed by atoms with Crippen LogP contribution in [0.2, 0.25) is 0 Å². The molecule has 92 valence electrons. The minimum absolute atomic E-state index is 0.248. The van der Waals surface area contributed by atoms with Crippen LogP contribution in [0.1, 0.15) is 22.3 Å². The zero-order chi connectivity index (χ0) is 12.6. The summed E-state index contributed by atoms with van der Waals surface area (Å²) in [5.74, 6) is 0. The largest absolute Gasteiger partial charge is 0.383 e. The van der Waals surface area contributed by atoms with Crippen LogP contribution in [0.3, 0.4) is 0 Å². The average molecular weight is 239 g/mol. The van der Waals surface area contributed by atoms with E-state index in [1.54, 1.807) is 0 Å². The molecule has 2 aromatic rings. The summed E-state index contributed by atoms with van der Waals surface area (Å²) in [5.41, 5.74) is 9.52. The van der Waals surface area contributed by atoms with Crippen LogP contribution in [0.5, 0.6) is 0 Å². The van der Waals surface area contributed by atoms with Gasteiger partial charge in [-0.25, -0.2) is 0 Å². The SMILES string of the molecule is NCC1(O)Cc2ccccc2Cc2ccccc21. The number of fused-ring (bicyclic) bond motifs is 2. The molecule has 0 fully saturated rings. The number of hydrogen-bond acceptors (Lipinski definition) is 2. The fourth-order valence-corrected chi connectivity index (χ4v) is 2.83. The second-order valence-electron chi connectivity index (χ2n) is 5.02. The Morgan fingerprint density at radius 3 is 2.28 bits per heavy atom. The number of aliphatic hydroxyl groups is 1. The van der Waals surface area contributed by atoms with Crippen molar-refractivity contribution in [1.82, 2.24) is 0 Å². The molecule has 18 heavy (non-hydrogen) atoms. The topological polar surface area (TPSA) is 46.2 Å². The molecule has 0 aromatic heterocycles. The minimum atomic E-state index is -0.941. The van der Waals surface area contributed by atoms with E-state index >= 15 is 0 Å². The van der Waals surface area contributed by atoms with Crippen molar-refractivity contribution in [3.8, 4) is 0 Å². The maximum absolute atomic E-state index is 10.8. The zero-order valence-electron chi connectivity index (χ0n) is 10.3. The molecule has 0 radical (unpaired) electrons. The highest BCUT2D eigenvalue weighted by Gasteiger charge is 2.33. The zero-order valence-corrected chi connectivity index (χ0v) is 10.3. The third-order valence-corrected chi connectivity index (χ3v) is 3.84. The number of hydrogen-bond donors (Lipinski definition) is 2. The van der Waals surface area contributed by atoms with Crippen molar-refractivity contribution < 1.29 is 5.11 Å². The third-order valence-electron chi connectivity index (χ3n) is 3.84. The molecule has 2 heteroatoms. The predicted molar refractivity (Wildman–Crippen MR) is 72.3 cm³/mol. The molecule has 1 atom stereocenters. The standard InChI is InChI=1S/C16H17NO/c17-11-16(18)10-14-7-2-1-5-12(14)9-13-6-3-4-8-15(13)16/h1-8,18H,9-11,17H2. The van der Waals surface area contributed by atoms with Gasteiger partial charge in [0.2, 0.25) is 0 Å². The first kappa shape index (κ1) is 11.5. The van der Waals surface area contributed by atoms with Gasteiger partial charge in [0, 0.05) is 13.0 Å². The van der Waals surface area contributed by atoms with E-state index in [0.29, 0.717) is 6.42 Å². The van der Waals surface area contributed by atoms with Crippen molar-refractivity contribution in [2.24, 2.45) is 5.73 Å². The van der Waals surface area contributed by atoms with E-state index in [0.717, 1.165) is 12.0 Å². The van der Waals surface area contributed by atoms with Gasteiger partial charge < -0.3 is 10.8 Å². The summed E-state index contributed by atoms with van der Waals surface area (Å²) in [6, 6.07) is 16.3. The van der Waals surface area contributed by atoms with Crippen molar-refractivity contribution in [3.63, 3.8) is 0 Å². The van der Waals surface area contributed by atoms with Crippen molar-refractivity contribution in [2.45, 2.75) is 18.4 Å². The third kappa shape index (κ3) is 1.74. The van der Waals surface area contributed by atoms with Gasteiger partial charge in [0.25, 0.3) is 0 Å². The monoisotopic (exact) mass is 239 g/mol. The Balaban J connectivity index is 2.21. The molecule has 3 N–H and O–H groups in total. The summed E-state index contributed by atoms with van der Waals surface area (Å²) in [6.45, 7) is 0.248. The van der Waals surface area contributed by atoms with E-state index in [4.69, 9.17) is 5.73 Å². The number of benzene rings is 2. The number of nitrogens with two attached hydrogens (primary N) is 1. The highest BCUT2D eigenvalue weighted by Crippen LogP contribution is 2.34. The average Bonchev–Trinajstić information content (AvgIpc) is 2.53. The van der Waals surface area contributed by atoms with E-state index in [-0.39, 0.29) is 6.54 Å². The molecule has 0 aliphatic heterocycles. The van der Waals surface area contributed by atoms with Crippen LogP contribution in [0.15, 0.2) is 48.5 Å². The normalized spacial score (nSPS) is 21.9. The van der Waals surface area contributed by atoms with E-state index in [1.807, 2.05) is 30.3 Å². The molecule has 1 aliphatic rings. The first-order valence-electron chi connectivity index (χ1n) is 6.30. The van der Waals surface area contributed by atoms with Crippen LogP contribution in [-0.2, 0) is 18.4 Å². The lowest BCUT2D eigenvalue weighted by molar-refractivity contribution is 0.0464. The summed E-state index contributed by atoms with van der Waals surface area (Å²) < 4.78 is 0. The van der Waals surface area contributed by atoms with Crippen molar-refractivity contribution in [3.05, 3.63) is 70.8 Å². The smallest absolute Gasteiger partial charge is 0.106 e. The Bertz CT molecular complexity index is 579. The minimum Gasteiger partial charge on any atom is -0.383 e. The van der Waals surface area contributed by atoms with E-state index in [9.17, 15) is 5.11 Å². The van der Waals surface area contributed by atoms with Crippen LogP contribution < -0.4 is 5.73 Å². The Morgan fingerprint density at radius 1 is 0.944 bits per heavy atom. The second-order valence-corrected chi connectivity index (χ2v) is 5.02. The molecule has 0 bridgehead atoms. The lowest BCUT2D eigenvalue weighted by Gasteiger charge is -2.27. The molecule has 0 saturated carbocycles. The fraction of sp³-hybridized carbons (Fsp3) is 0.250. The van der Waals surface area contributed by atoms with Crippen LogP contribution in [-0.4, -0.2) is 11.7 Å². The van der Waals surface area contributed by atoms with Gasteiger partial charge in [0.15, 0.2) is 0 Å². The molecule has 1 unspecified atom stereocenters. The maximum Gasteiger partial charge on any atom is 0.106 e. The second kappa shape index (κ2) is 4.23. The van der Waals surface area contributed by atoms with Gasteiger partial charge in [0.05, 0.1) is 0 Å². The van der Waals surface area contributed by atoms with Gasteiger partial charge in [-0.15, -0.1) is 0 Å². The van der Waals surface area contributed by atoms with Crippen molar-refractivity contribution >= 4 is 0 Å². The molecule has 3 rings (SSSR count). The lowest BCUT2D eigenvalue weighted by atomic mass is 9.87. The lowest BCUT2D eigenvalue weighted by Crippen LogP contribution is -2.37. The first-order valence-corrected chi connectivity index (χ1v) is 6.30. The van der Waals surface area contributed by atoms with E-state index < -0.39 is 5.60 Å². The molecule has 0 spiro atoms. The van der Waals surface area contributed by atoms with Crippen LogP contribution in [0.4, 0.5) is 0 Å². The van der Waals surface area contributed by atoms with Crippen LogP contribution >= 0.6 is 0 Å². The molecule has 0 amide bonds. The molecule has 1 aliphatic carbocycles. The van der Waals surface area contributed by atoms with Gasteiger partial charge >= 0.3 is 0 Å². The molecule has 2 aromatic carbocycles. The first-order chi connectivity index (χ1) is 8.73. The van der Waals surface area contributed by atoms with Crippen LogP contribution in [0.25, 0.3) is 0 Å². The summed E-state index contributed by atoms with van der Waals surface area (Å²) in [5, 5.41) is 10.8. The van der Waals surface area contributed by atoms with Crippen molar-refractivity contribution in [2.75, 3.05) is 6.54 Å². The van der Waals surface area contributed by atoms with Gasteiger partial charge in [0.1, 0.15) is 5.60 Å². The van der Waals surface area contributed by atoms with Gasteiger partial charge in [-0.2, -0.15) is 0 Å². The van der Waals surface area contributed by atoms with Crippen LogP contribution in [0, 0.1) is 0 Å². The predicted octanol–water partition coefficient (Wildman–Crippen LogP) is 1.98. The molecular weight excluding hydrogens is 222 g/mol. The highest BCUT2D eigenvalue weighted by atomic mass is 16.3. The maximum atomic E-state index is 10.8. The highest BCUT2D eigenvalue weighted by molar-refractivity contribution is 5.44. The Morgan fingerprint density at radius 2 is 1.56 bits per heavy atom. The summed E-state index contributed by atoms with van der Waals surface area (Å²) in [6.07, 6.45) is 1.46. The summed E-state index contributed by atoms with van der Waals surface area (Å²) in [7, 11) is 0. The van der Waals surface area contributed by atoms with E-state index in [2.05, 4.69) is 18.2 Å². The van der Waals surface area contributed by atoms with Crippen molar-refractivity contribution in [1.29, 1.82) is 0 Å². The molecular formula is C16H17NO. The Kier molecular flexibility index (Phi) is 2.69. The number of rotatable bonds is 1. The molecule has 0 heterocycles. The van der Waals surface area contributed by atoms with E-state index in [1.165, 1.54) is 16.7 Å². The van der Waals surface area contributed by atoms with Gasteiger partial charge in [-0.1, -0.05) is 48.5 Å². The van der Waals surface area contributed by atoms with Gasteiger partial charge in [-0.05, 0) is 28.7 Å². The Hall–Kier alpha value is -1.64. The van der Waals surface area contributed by atoms with Gasteiger partial charge in [-0.3, -0.25) is 0 Å². The Labute approximate surface area is 107 Å². The summed E-state index contributed by atoms with van der Waals surface area (Å²) in [4.78, 5) is 0. The fourth-order valence-electron chi connectivity index (χ4n) is 2.83.